The first-order valence-electron chi connectivity index (χ1n) is 14.9. The van der Waals surface area contributed by atoms with Crippen LogP contribution in [0.5, 0.6) is 5.75 Å². The molecule has 2 amide bonds. The van der Waals surface area contributed by atoms with Crippen molar-refractivity contribution in [2.75, 3.05) is 4.90 Å². The molecule has 2 fully saturated rings. The van der Waals surface area contributed by atoms with Crippen molar-refractivity contribution in [3.8, 4) is 5.75 Å². The number of halogens is 7. The number of allylic oxidation sites excluding steroid dienone is 2. The molecule has 246 valence electrons. The number of carbonyl (C=O) groups is 2. The zero-order valence-electron chi connectivity index (χ0n) is 24.9. The number of carbonyl (C=O) groups excluding carboxylic acids is 2. The van der Waals surface area contributed by atoms with Crippen molar-refractivity contribution in [3.63, 3.8) is 0 Å². The number of fused-ring (bicyclic) bond motifs is 3. The zero-order valence-corrected chi connectivity index (χ0v) is 25.6. The molecule has 3 aliphatic rings. The summed E-state index contributed by atoms with van der Waals surface area (Å²) in [6, 6.07) is 5.34. The van der Waals surface area contributed by atoms with Crippen molar-refractivity contribution < 1.29 is 50.7 Å². The van der Waals surface area contributed by atoms with E-state index in [0.717, 1.165) is 16.7 Å². The normalized spacial score (nSPS) is 24.1. The van der Waals surface area contributed by atoms with Gasteiger partial charge >= 0.3 is 19.5 Å². The number of hydrogen-bond acceptors (Lipinski definition) is 5. The summed E-state index contributed by atoms with van der Waals surface area (Å²) >= 11 is 6.28. The van der Waals surface area contributed by atoms with Gasteiger partial charge in [0.2, 0.25) is 11.8 Å². The van der Waals surface area contributed by atoms with Crippen LogP contribution in [0.15, 0.2) is 53.1 Å². The van der Waals surface area contributed by atoms with Gasteiger partial charge in [-0.1, -0.05) is 42.7 Å². The van der Waals surface area contributed by atoms with E-state index < -0.39 is 72.0 Å². The Morgan fingerprint density at radius 1 is 1.02 bits per heavy atom. The molecule has 0 unspecified atom stereocenters. The van der Waals surface area contributed by atoms with Gasteiger partial charge in [-0.3, -0.25) is 9.59 Å². The van der Waals surface area contributed by atoms with E-state index in [0.29, 0.717) is 53.3 Å². The van der Waals surface area contributed by atoms with Crippen molar-refractivity contribution in [2.24, 2.45) is 17.8 Å². The number of imide groups is 1. The molecule has 1 aliphatic carbocycles. The number of benzene rings is 2. The smallest absolute Gasteiger partial charge is 0.455 e. The largest absolute Gasteiger partial charge is 0.508 e. The van der Waals surface area contributed by atoms with Crippen LogP contribution in [0.25, 0.3) is 6.08 Å². The van der Waals surface area contributed by atoms with Gasteiger partial charge in [0.1, 0.15) is 5.75 Å². The maximum Gasteiger partial charge on any atom is 0.455 e. The Morgan fingerprint density at radius 3 is 2.24 bits per heavy atom. The van der Waals surface area contributed by atoms with Gasteiger partial charge in [0.05, 0.1) is 39.8 Å². The van der Waals surface area contributed by atoms with E-state index in [4.69, 9.17) is 16.3 Å². The van der Waals surface area contributed by atoms with Crippen LogP contribution in [0, 0.1) is 17.8 Å². The van der Waals surface area contributed by atoms with Gasteiger partial charge in [0, 0.05) is 0 Å². The number of alkyl halides is 6. The lowest BCUT2D eigenvalue weighted by Gasteiger charge is -2.43. The summed E-state index contributed by atoms with van der Waals surface area (Å²) in [6.45, 7) is 3.81. The minimum absolute atomic E-state index is 0.0258. The predicted molar refractivity (Wildman–Crippen MR) is 160 cm³/mol. The molecule has 2 aromatic carbocycles. The minimum Gasteiger partial charge on any atom is -0.508 e. The molecule has 4 atom stereocenters. The molecule has 2 heterocycles. The fourth-order valence-electron chi connectivity index (χ4n) is 6.95. The highest BCUT2D eigenvalue weighted by Crippen LogP contribution is 2.52. The van der Waals surface area contributed by atoms with Crippen LogP contribution >= 0.6 is 11.6 Å². The molecule has 5 rings (SSSR count). The second-order valence-electron chi connectivity index (χ2n) is 11.8. The average molecular weight is 670 g/mol. The lowest BCUT2D eigenvalue weighted by molar-refractivity contribution is -0.143. The first-order valence-corrected chi connectivity index (χ1v) is 15.3. The maximum absolute atomic E-state index is 13.9. The van der Waals surface area contributed by atoms with E-state index in [1.165, 1.54) is 12.1 Å². The summed E-state index contributed by atoms with van der Waals surface area (Å²) in [4.78, 5) is 28.0. The van der Waals surface area contributed by atoms with Crippen LogP contribution in [0.1, 0.15) is 62.6 Å². The van der Waals surface area contributed by atoms with E-state index >= 15 is 0 Å². The molecular formula is C32H31BClF6NO5. The van der Waals surface area contributed by atoms with E-state index in [-0.39, 0.29) is 24.6 Å². The third-order valence-electron chi connectivity index (χ3n) is 9.09. The molecule has 0 bridgehead atoms. The van der Waals surface area contributed by atoms with Gasteiger partial charge in [0.15, 0.2) is 0 Å². The summed E-state index contributed by atoms with van der Waals surface area (Å²) in [5, 5.41) is 20.8. The Hall–Kier alpha value is -3.29. The third kappa shape index (κ3) is 6.59. The zero-order chi connectivity index (χ0) is 33.7. The van der Waals surface area contributed by atoms with Crippen LogP contribution in [0.3, 0.4) is 0 Å². The standard InChI is InChI=1S/C32H31BClF6NO5/c1-3-16(9-18-6-7-22(42)14-25(18)34)5-8-26-27-17(4-2)10-23-28(24(27)15-33(45)46-26)30(44)41(29(23)43)21-12-19(31(35,36)37)11-20(13-21)32(38,39)40/h6-7,9,11-14,23-24,26,28,42,45H,3-5,8,10,15H2,1-2H3/b16-9+/t23-,24+,26-,28-/m1/s1. The van der Waals surface area contributed by atoms with Crippen molar-refractivity contribution in [1.29, 1.82) is 0 Å². The van der Waals surface area contributed by atoms with Gasteiger partial charge in [-0.05, 0) is 91.9 Å². The fourth-order valence-corrected chi connectivity index (χ4v) is 7.17. The van der Waals surface area contributed by atoms with E-state index in [1.807, 2.05) is 19.9 Å². The Labute approximate surface area is 266 Å². The Kier molecular flexibility index (Phi) is 9.42. The SMILES string of the molecule is CCC1=C2[C@@H](CC/C(=C/c3ccc(O)cc3Cl)CC)OB(O)C[C@@H]2[C@@H]2C(=O)N(c3cc(C(F)(F)F)cc(C(F)(F)F)c3)C(=O)[C@@H]2C1. The van der Waals surface area contributed by atoms with Crippen LogP contribution in [-0.2, 0) is 26.6 Å². The molecule has 14 heteroatoms. The summed E-state index contributed by atoms with van der Waals surface area (Å²) in [6.07, 6.45) is -7.00. The quantitative estimate of drug-likeness (QED) is 0.135. The Bertz CT molecular complexity index is 1570. The number of phenolic OH excluding ortho intramolecular Hbond substituents is 1. The Morgan fingerprint density at radius 2 is 1.67 bits per heavy atom. The lowest BCUT2D eigenvalue weighted by Crippen LogP contribution is -2.46. The molecule has 2 aromatic rings. The van der Waals surface area contributed by atoms with Crippen molar-refractivity contribution >= 4 is 42.3 Å². The number of rotatable bonds is 7. The molecule has 46 heavy (non-hydrogen) atoms. The second-order valence-corrected chi connectivity index (χ2v) is 12.3. The maximum atomic E-state index is 13.9. The van der Waals surface area contributed by atoms with Crippen LogP contribution in [0.2, 0.25) is 11.3 Å². The van der Waals surface area contributed by atoms with Crippen molar-refractivity contribution in [1.82, 2.24) is 0 Å². The molecule has 2 aliphatic heterocycles. The Balaban J connectivity index is 1.47. The third-order valence-corrected chi connectivity index (χ3v) is 9.42. The van der Waals surface area contributed by atoms with E-state index in [1.54, 1.807) is 6.07 Å². The first kappa shape index (κ1) is 34.1. The first-order chi connectivity index (χ1) is 21.5. The molecular weight excluding hydrogens is 639 g/mol. The highest BCUT2D eigenvalue weighted by Gasteiger charge is 2.57. The summed E-state index contributed by atoms with van der Waals surface area (Å²) in [5.74, 6) is -4.53. The summed E-state index contributed by atoms with van der Waals surface area (Å²) in [7, 11) is -1.31. The van der Waals surface area contributed by atoms with E-state index in [9.17, 15) is 46.1 Å². The van der Waals surface area contributed by atoms with Gasteiger partial charge in [-0.2, -0.15) is 26.3 Å². The number of phenols is 1. The molecule has 2 saturated heterocycles. The number of anilines is 1. The van der Waals surface area contributed by atoms with Crippen LogP contribution < -0.4 is 4.90 Å². The highest BCUT2D eigenvalue weighted by molar-refractivity contribution is 6.43. The molecule has 0 aromatic heterocycles. The molecule has 0 spiro atoms. The van der Waals surface area contributed by atoms with Crippen LogP contribution in [-0.4, -0.2) is 35.2 Å². The number of aromatic hydroxyl groups is 1. The monoisotopic (exact) mass is 669 g/mol. The summed E-state index contributed by atoms with van der Waals surface area (Å²) in [5.41, 5.74) is -0.799. The molecule has 6 nitrogen and oxygen atoms in total. The van der Waals surface area contributed by atoms with Crippen LogP contribution in [0.4, 0.5) is 32.0 Å². The number of amides is 2. The number of hydrogen-bond donors (Lipinski definition) is 2. The second kappa shape index (κ2) is 12.7. The molecule has 0 radical (unpaired) electrons. The minimum atomic E-state index is -5.16. The summed E-state index contributed by atoms with van der Waals surface area (Å²) < 4.78 is 87.6. The van der Waals surface area contributed by atoms with Gasteiger partial charge in [0.25, 0.3) is 0 Å². The fraction of sp³-hybridized carbons (Fsp3) is 0.438. The lowest BCUT2D eigenvalue weighted by atomic mass is 9.58. The molecule has 0 saturated carbocycles. The topological polar surface area (TPSA) is 87.1 Å². The highest BCUT2D eigenvalue weighted by atomic mass is 35.5. The molecule has 2 N–H and O–H groups in total. The predicted octanol–water partition coefficient (Wildman–Crippen LogP) is 8.07. The van der Waals surface area contributed by atoms with E-state index in [2.05, 4.69) is 0 Å². The van der Waals surface area contributed by atoms with Crippen molar-refractivity contribution in [3.05, 3.63) is 74.8 Å². The van der Waals surface area contributed by atoms with Gasteiger partial charge in [-0.15, -0.1) is 0 Å². The van der Waals surface area contributed by atoms with Gasteiger partial charge in [-0.25, -0.2) is 4.90 Å². The van der Waals surface area contributed by atoms with Crippen molar-refractivity contribution in [2.45, 2.75) is 70.7 Å². The van der Waals surface area contributed by atoms with Gasteiger partial charge < -0.3 is 14.8 Å². The average Bonchev–Trinajstić information content (AvgIpc) is 3.23. The number of nitrogens with zero attached hydrogens (tertiary/aromatic N) is 1.